The first-order chi connectivity index (χ1) is 15.7. The highest BCUT2D eigenvalue weighted by molar-refractivity contribution is 6.05. The van der Waals surface area contributed by atoms with E-state index in [0.717, 1.165) is 21.9 Å². The summed E-state index contributed by atoms with van der Waals surface area (Å²) < 4.78 is 1.59. The van der Waals surface area contributed by atoms with Gasteiger partial charge >= 0.3 is 0 Å². The molecule has 3 heteroatoms. The summed E-state index contributed by atoms with van der Waals surface area (Å²) in [4.78, 5) is 26.6. The molecule has 0 unspecified atom stereocenters. The summed E-state index contributed by atoms with van der Waals surface area (Å²) in [6.07, 6.45) is 1.97. The van der Waals surface area contributed by atoms with Crippen LogP contribution >= 0.6 is 0 Å². The highest BCUT2D eigenvalue weighted by atomic mass is 16.2. The molecule has 5 aromatic rings. The van der Waals surface area contributed by atoms with E-state index in [1.54, 1.807) is 10.8 Å². The van der Waals surface area contributed by atoms with Crippen molar-refractivity contribution in [2.24, 2.45) is 0 Å². The summed E-state index contributed by atoms with van der Waals surface area (Å²) in [7, 11) is 0. The quantitative estimate of drug-likeness (QED) is 0.311. The van der Waals surface area contributed by atoms with E-state index in [4.69, 9.17) is 0 Å². The fourth-order valence-electron chi connectivity index (χ4n) is 3.96. The van der Waals surface area contributed by atoms with Gasteiger partial charge in [-0.1, -0.05) is 91.0 Å². The average molecular weight is 415 g/mol. The lowest BCUT2D eigenvalue weighted by Gasteiger charge is -2.09. The molecule has 0 aliphatic carbocycles. The zero-order valence-corrected chi connectivity index (χ0v) is 17.4. The molecular formula is C29H21NO2. The van der Waals surface area contributed by atoms with Crippen molar-refractivity contribution in [1.82, 2.24) is 4.57 Å². The Bertz CT molecular complexity index is 1420. The van der Waals surface area contributed by atoms with E-state index in [-0.39, 0.29) is 11.7 Å². The van der Waals surface area contributed by atoms with Crippen LogP contribution < -0.4 is 0 Å². The van der Waals surface area contributed by atoms with E-state index in [1.807, 2.05) is 109 Å². The molecule has 0 aliphatic heterocycles. The van der Waals surface area contributed by atoms with Crippen LogP contribution in [-0.4, -0.2) is 16.3 Å². The second kappa shape index (κ2) is 8.48. The molecule has 0 N–H and O–H groups in total. The minimum Gasteiger partial charge on any atom is -0.294 e. The zero-order chi connectivity index (χ0) is 21.9. The number of ketones is 1. The predicted molar refractivity (Wildman–Crippen MR) is 128 cm³/mol. The van der Waals surface area contributed by atoms with Gasteiger partial charge in [0, 0.05) is 23.7 Å². The summed E-state index contributed by atoms with van der Waals surface area (Å²) in [5.41, 5.74) is 3.66. The van der Waals surface area contributed by atoms with Gasteiger partial charge in [0.1, 0.15) is 0 Å². The number of carbonyl (C=O) groups is 2. The number of rotatable bonds is 5. The van der Waals surface area contributed by atoms with Gasteiger partial charge in [-0.3, -0.25) is 14.2 Å². The number of fused-ring (bicyclic) bond motifs is 1. The molecule has 4 aromatic carbocycles. The van der Waals surface area contributed by atoms with Gasteiger partial charge in [0.2, 0.25) is 0 Å². The van der Waals surface area contributed by atoms with Gasteiger partial charge in [-0.15, -0.1) is 0 Å². The highest BCUT2D eigenvalue weighted by Gasteiger charge is 2.19. The summed E-state index contributed by atoms with van der Waals surface area (Å²) in [6, 6.07) is 34.8. The number of Topliss-reactive ketones (excluding diaryl/α,β-unsaturated/α-hetero) is 1. The Labute approximate surface area is 186 Å². The Kier molecular flexibility index (Phi) is 5.22. The van der Waals surface area contributed by atoms with Crippen molar-refractivity contribution < 1.29 is 9.59 Å². The van der Waals surface area contributed by atoms with Crippen molar-refractivity contribution in [3.05, 3.63) is 132 Å². The van der Waals surface area contributed by atoms with Gasteiger partial charge in [-0.05, 0) is 40.1 Å². The van der Waals surface area contributed by atoms with Crippen LogP contribution in [0.3, 0.4) is 0 Å². The Balaban J connectivity index is 1.56. The maximum atomic E-state index is 13.5. The van der Waals surface area contributed by atoms with E-state index in [0.29, 0.717) is 23.2 Å². The summed E-state index contributed by atoms with van der Waals surface area (Å²) in [6.45, 7) is 0. The minimum absolute atomic E-state index is 0.0153. The van der Waals surface area contributed by atoms with Crippen LogP contribution in [0.4, 0.5) is 0 Å². The first-order valence-corrected chi connectivity index (χ1v) is 10.6. The Morgan fingerprint density at radius 2 is 1.28 bits per heavy atom. The smallest absolute Gasteiger partial charge is 0.262 e. The molecule has 0 aliphatic rings. The number of nitrogens with zero attached hydrogens (tertiary/aromatic N) is 1. The lowest BCUT2D eigenvalue weighted by Crippen LogP contribution is -2.12. The lowest BCUT2D eigenvalue weighted by molar-refractivity contribution is 0.0962. The van der Waals surface area contributed by atoms with Crippen molar-refractivity contribution >= 4 is 22.5 Å². The van der Waals surface area contributed by atoms with Crippen LogP contribution in [0.1, 0.15) is 26.3 Å². The van der Waals surface area contributed by atoms with Gasteiger partial charge < -0.3 is 0 Å². The molecule has 0 amide bonds. The normalized spacial score (nSPS) is 10.9. The number of benzene rings is 4. The molecule has 32 heavy (non-hydrogen) atoms. The fourth-order valence-corrected chi connectivity index (χ4v) is 3.96. The van der Waals surface area contributed by atoms with Crippen molar-refractivity contribution in [3.8, 4) is 11.3 Å². The van der Waals surface area contributed by atoms with Crippen molar-refractivity contribution in [2.45, 2.75) is 6.42 Å². The predicted octanol–water partition coefficient (Wildman–Crippen LogP) is 6.42. The summed E-state index contributed by atoms with van der Waals surface area (Å²) >= 11 is 0. The minimum atomic E-state index is -0.159. The van der Waals surface area contributed by atoms with Crippen LogP contribution in [0.2, 0.25) is 0 Å². The van der Waals surface area contributed by atoms with E-state index in [2.05, 4.69) is 0 Å². The molecule has 0 bridgehead atoms. The number of carbonyl (C=O) groups excluding carboxylic acids is 2. The topological polar surface area (TPSA) is 39.1 Å². The Morgan fingerprint density at radius 1 is 0.625 bits per heavy atom. The monoisotopic (exact) mass is 415 g/mol. The fraction of sp³-hybridized carbons (Fsp3) is 0.0345. The maximum Gasteiger partial charge on any atom is 0.262 e. The molecular weight excluding hydrogens is 394 g/mol. The van der Waals surface area contributed by atoms with Gasteiger partial charge in [0.05, 0.1) is 5.69 Å². The molecule has 0 saturated carbocycles. The third-order valence-electron chi connectivity index (χ3n) is 5.63. The van der Waals surface area contributed by atoms with Crippen LogP contribution in [-0.2, 0) is 6.42 Å². The van der Waals surface area contributed by atoms with Crippen molar-refractivity contribution in [2.75, 3.05) is 0 Å². The molecule has 5 rings (SSSR count). The third kappa shape index (κ3) is 3.88. The molecule has 3 nitrogen and oxygen atoms in total. The number of aromatic nitrogens is 1. The number of hydrogen-bond donors (Lipinski definition) is 0. The van der Waals surface area contributed by atoms with Gasteiger partial charge in [-0.2, -0.15) is 0 Å². The van der Waals surface area contributed by atoms with Crippen molar-refractivity contribution in [1.29, 1.82) is 0 Å². The third-order valence-corrected chi connectivity index (χ3v) is 5.63. The molecule has 0 spiro atoms. The van der Waals surface area contributed by atoms with E-state index >= 15 is 0 Å². The first kappa shape index (κ1) is 19.7. The maximum absolute atomic E-state index is 13.5. The summed E-state index contributed by atoms with van der Waals surface area (Å²) in [5, 5.41) is 2.09. The second-order valence-corrected chi connectivity index (χ2v) is 7.80. The van der Waals surface area contributed by atoms with E-state index in [1.165, 1.54) is 0 Å². The highest BCUT2D eigenvalue weighted by Crippen LogP contribution is 2.25. The summed E-state index contributed by atoms with van der Waals surface area (Å²) in [5.74, 6) is -0.174. The van der Waals surface area contributed by atoms with Gasteiger partial charge in [-0.25, -0.2) is 0 Å². The van der Waals surface area contributed by atoms with E-state index < -0.39 is 0 Å². The Hall–Kier alpha value is -4.24. The number of hydrogen-bond acceptors (Lipinski definition) is 2. The zero-order valence-electron chi connectivity index (χ0n) is 17.4. The first-order valence-electron chi connectivity index (χ1n) is 10.6. The molecule has 1 aromatic heterocycles. The molecule has 1 heterocycles. The molecule has 0 atom stereocenters. The molecule has 0 fully saturated rings. The van der Waals surface area contributed by atoms with Crippen molar-refractivity contribution in [3.63, 3.8) is 0 Å². The van der Waals surface area contributed by atoms with E-state index in [9.17, 15) is 9.59 Å². The van der Waals surface area contributed by atoms with Crippen LogP contribution in [0.5, 0.6) is 0 Å². The lowest BCUT2D eigenvalue weighted by atomic mass is 10.0. The largest absolute Gasteiger partial charge is 0.294 e. The SMILES string of the molecule is O=C(Cc1ccccc1)c1cc(-c2ccccc2)n(C(=O)c2ccc3ccccc3c2)c1. The molecule has 0 saturated heterocycles. The van der Waals surface area contributed by atoms with Gasteiger partial charge in [0.25, 0.3) is 5.91 Å². The molecule has 154 valence electrons. The standard InChI is InChI=1S/C29H21NO2/c31-28(17-21-9-3-1-4-10-21)26-19-27(23-12-5-2-6-13-23)30(20-26)29(32)25-16-15-22-11-7-8-14-24(22)18-25/h1-16,18-20H,17H2. The Morgan fingerprint density at radius 3 is 2.03 bits per heavy atom. The van der Waals surface area contributed by atoms with Crippen LogP contribution in [0.25, 0.3) is 22.0 Å². The second-order valence-electron chi connectivity index (χ2n) is 7.80. The van der Waals surface area contributed by atoms with Crippen LogP contribution in [0, 0.1) is 0 Å². The van der Waals surface area contributed by atoms with Crippen LogP contribution in [0.15, 0.2) is 115 Å². The average Bonchev–Trinajstić information content (AvgIpc) is 3.30. The van der Waals surface area contributed by atoms with Gasteiger partial charge in [0.15, 0.2) is 5.78 Å². The molecule has 0 radical (unpaired) electrons.